The lowest BCUT2D eigenvalue weighted by Crippen LogP contribution is -1.93. The zero-order valence-electron chi connectivity index (χ0n) is 6.00. The van der Waals surface area contributed by atoms with Crippen molar-refractivity contribution in [2.24, 2.45) is 0 Å². The van der Waals surface area contributed by atoms with Gasteiger partial charge >= 0.3 is 0 Å². The van der Waals surface area contributed by atoms with E-state index < -0.39 is 0 Å². The SMILES string of the molecule is CC(=O)Cc1sc(N)nc1O. The topological polar surface area (TPSA) is 76.2 Å². The Morgan fingerprint density at radius 2 is 2.45 bits per heavy atom. The van der Waals surface area contributed by atoms with Gasteiger partial charge in [0.2, 0.25) is 5.88 Å². The molecule has 0 atom stereocenters. The van der Waals surface area contributed by atoms with E-state index in [4.69, 9.17) is 10.8 Å². The molecule has 0 amide bonds. The molecule has 60 valence electrons. The molecule has 1 heterocycles. The molecule has 0 aliphatic carbocycles. The third-order valence-corrected chi connectivity index (χ3v) is 1.98. The number of hydrogen-bond donors (Lipinski definition) is 2. The molecule has 0 saturated heterocycles. The van der Waals surface area contributed by atoms with Crippen LogP contribution in [0, 0.1) is 0 Å². The number of carbonyl (C=O) groups is 1. The lowest BCUT2D eigenvalue weighted by atomic mass is 10.3. The summed E-state index contributed by atoms with van der Waals surface area (Å²) in [5, 5.41) is 9.34. The summed E-state index contributed by atoms with van der Waals surface area (Å²) in [7, 11) is 0. The number of aromatic hydroxyl groups is 1. The minimum absolute atomic E-state index is 0.0102. The van der Waals surface area contributed by atoms with Gasteiger partial charge in [-0.1, -0.05) is 11.3 Å². The summed E-state index contributed by atoms with van der Waals surface area (Å²) in [6, 6.07) is 0. The molecule has 0 saturated carbocycles. The van der Waals surface area contributed by atoms with Crippen LogP contribution in [0.5, 0.6) is 5.88 Å². The predicted molar refractivity (Wildman–Crippen MR) is 42.6 cm³/mol. The van der Waals surface area contributed by atoms with E-state index in [1.54, 1.807) is 0 Å². The van der Waals surface area contributed by atoms with Gasteiger partial charge in [0.05, 0.1) is 4.88 Å². The van der Waals surface area contributed by atoms with Gasteiger partial charge < -0.3 is 10.8 Å². The van der Waals surface area contributed by atoms with Crippen molar-refractivity contribution in [1.82, 2.24) is 4.98 Å². The fourth-order valence-corrected chi connectivity index (χ4v) is 1.50. The highest BCUT2D eigenvalue weighted by atomic mass is 32.1. The summed E-state index contributed by atoms with van der Waals surface area (Å²) in [5.74, 6) is -0.133. The van der Waals surface area contributed by atoms with Crippen molar-refractivity contribution in [2.75, 3.05) is 5.73 Å². The summed E-state index contributed by atoms with van der Waals surface area (Å²) in [5.41, 5.74) is 5.29. The molecule has 0 bridgehead atoms. The highest BCUT2D eigenvalue weighted by molar-refractivity contribution is 7.15. The molecule has 5 heteroatoms. The van der Waals surface area contributed by atoms with Crippen LogP contribution in [0.15, 0.2) is 0 Å². The van der Waals surface area contributed by atoms with Crippen LogP contribution in [0.4, 0.5) is 5.13 Å². The molecule has 3 N–H and O–H groups in total. The molecular formula is C6H8N2O2S. The van der Waals surface area contributed by atoms with Gasteiger partial charge in [-0.3, -0.25) is 4.79 Å². The third kappa shape index (κ3) is 1.91. The Kier molecular flexibility index (Phi) is 2.09. The van der Waals surface area contributed by atoms with Crippen molar-refractivity contribution in [3.05, 3.63) is 4.88 Å². The van der Waals surface area contributed by atoms with Gasteiger partial charge in [-0.2, -0.15) is 4.98 Å². The van der Waals surface area contributed by atoms with Gasteiger partial charge in [0.25, 0.3) is 0 Å². The van der Waals surface area contributed by atoms with Crippen molar-refractivity contribution in [2.45, 2.75) is 13.3 Å². The number of ketones is 1. The number of rotatable bonds is 2. The molecule has 0 aliphatic rings. The van der Waals surface area contributed by atoms with Crippen LogP contribution in [0.3, 0.4) is 0 Å². The van der Waals surface area contributed by atoms with Gasteiger partial charge in [-0.25, -0.2) is 0 Å². The number of thiazole rings is 1. The van der Waals surface area contributed by atoms with E-state index in [2.05, 4.69) is 4.98 Å². The monoisotopic (exact) mass is 172 g/mol. The lowest BCUT2D eigenvalue weighted by molar-refractivity contribution is -0.116. The molecule has 0 radical (unpaired) electrons. The normalized spacial score (nSPS) is 9.91. The number of carbonyl (C=O) groups excluding carboxylic acids is 1. The van der Waals surface area contributed by atoms with E-state index in [-0.39, 0.29) is 18.1 Å². The van der Waals surface area contributed by atoms with E-state index in [1.807, 2.05) is 0 Å². The lowest BCUT2D eigenvalue weighted by Gasteiger charge is -1.89. The van der Waals surface area contributed by atoms with Crippen LogP contribution in [-0.2, 0) is 11.2 Å². The first kappa shape index (κ1) is 8.00. The quantitative estimate of drug-likeness (QED) is 0.683. The van der Waals surface area contributed by atoms with E-state index in [9.17, 15) is 4.79 Å². The van der Waals surface area contributed by atoms with Gasteiger partial charge in [0.1, 0.15) is 5.78 Å². The van der Waals surface area contributed by atoms with Crippen molar-refractivity contribution in [3.8, 4) is 5.88 Å². The van der Waals surface area contributed by atoms with E-state index >= 15 is 0 Å². The number of Topliss-reactive ketones (excluding diaryl/α,β-unsaturated/α-hetero) is 1. The van der Waals surface area contributed by atoms with Crippen molar-refractivity contribution in [3.63, 3.8) is 0 Å². The van der Waals surface area contributed by atoms with Crippen LogP contribution in [0.2, 0.25) is 0 Å². The van der Waals surface area contributed by atoms with E-state index in [0.717, 1.165) is 11.3 Å². The average molecular weight is 172 g/mol. The molecule has 1 aromatic heterocycles. The fraction of sp³-hybridized carbons (Fsp3) is 0.333. The van der Waals surface area contributed by atoms with Crippen LogP contribution >= 0.6 is 11.3 Å². The Labute approximate surface area is 67.7 Å². The second-order valence-corrected chi connectivity index (χ2v) is 3.29. The Morgan fingerprint density at radius 3 is 2.82 bits per heavy atom. The predicted octanol–water partition coefficient (Wildman–Crippen LogP) is 0.562. The second-order valence-electron chi connectivity index (χ2n) is 2.18. The van der Waals surface area contributed by atoms with E-state index in [1.165, 1.54) is 6.92 Å². The molecule has 0 unspecified atom stereocenters. The largest absolute Gasteiger partial charge is 0.492 e. The second kappa shape index (κ2) is 2.87. The van der Waals surface area contributed by atoms with Gasteiger partial charge in [-0.15, -0.1) is 0 Å². The van der Waals surface area contributed by atoms with Crippen LogP contribution < -0.4 is 5.73 Å². The summed E-state index contributed by atoms with van der Waals surface area (Å²) in [6.07, 6.45) is 0.209. The fourth-order valence-electron chi connectivity index (χ4n) is 0.703. The summed E-state index contributed by atoms with van der Waals surface area (Å²) in [4.78, 5) is 14.7. The maximum Gasteiger partial charge on any atom is 0.227 e. The Morgan fingerprint density at radius 1 is 1.82 bits per heavy atom. The average Bonchev–Trinajstić information content (AvgIpc) is 2.09. The zero-order valence-corrected chi connectivity index (χ0v) is 6.81. The Bertz CT molecular complexity index is 282. The first-order valence-corrected chi connectivity index (χ1v) is 3.85. The maximum absolute atomic E-state index is 10.6. The van der Waals surface area contributed by atoms with Gasteiger partial charge in [-0.05, 0) is 6.92 Å². The number of aromatic nitrogens is 1. The molecular weight excluding hydrogens is 164 g/mol. The standard InChI is InChI=1S/C6H8N2O2S/c1-3(9)2-4-5(10)8-6(7)11-4/h10H,2H2,1H3,(H2,7,8). The minimum atomic E-state index is -0.122. The van der Waals surface area contributed by atoms with Crippen LogP contribution in [0.1, 0.15) is 11.8 Å². The van der Waals surface area contributed by atoms with Crippen molar-refractivity contribution in [1.29, 1.82) is 0 Å². The molecule has 4 nitrogen and oxygen atoms in total. The Balaban J connectivity index is 2.85. The smallest absolute Gasteiger partial charge is 0.227 e. The molecule has 11 heavy (non-hydrogen) atoms. The summed E-state index contributed by atoms with van der Waals surface area (Å²) >= 11 is 1.14. The highest BCUT2D eigenvalue weighted by Crippen LogP contribution is 2.25. The first-order valence-electron chi connectivity index (χ1n) is 3.03. The minimum Gasteiger partial charge on any atom is -0.492 e. The number of nitrogens with zero attached hydrogens (tertiary/aromatic N) is 1. The molecule has 0 aliphatic heterocycles. The van der Waals surface area contributed by atoms with Crippen molar-refractivity contribution < 1.29 is 9.90 Å². The zero-order chi connectivity index (χ0) is 8.43. The third-order valence-electron chi connectivity index (χ3n) is 1.10. The van der Waals surface area contributed by atoms with Gasteiger partial charge in [0.15, 0.2) is 5.13 Å². The number of nitrogens with two attached hydrogens (primary N) is 1. The summed E-state index contributed by atoms with van der Waals surface area (Å²) < 4.78 is 0. The van der Waals surface area contributed by atoms with Crippen LogP contribution in [-0.4, -0.2) is 15.9 Å². The molecule has 0 spiro atoms. The maximum atomic E-state index is 10.6. The Hall–Kier alpha value is -1.10. The number of hydrogen-bond acceptors (Lipinski definition) is 5. The van der Waals surface area contributed by atoms with Crippen LogP contribution in [0.25, 0.3) is 0 Å². The summed E-state index contributed by atoms with van der Waals surface area (Å²) in [6.45, 7) is 1.45. The van der Waals surface area contributed by atoms with Gasteiger partial charge in [0, 0.05) is 6.42 Å². The highest BCUT2D eigenvalue weighted by Gasteiger charge is 2.09. The number of anilines is 1. The molecule has 1 aromatic rings. The molecule has 1 rings (SSSR count). The first-order chi connectivity index (χ1) is 5.09. The number of nitrogen functional groups attached to an aromatic ring is 1. The van der Waals surface area contributed by atoms with Crippen molar-refractivity contribution >= 4 is 22.3 Å². The molecule has 0 fully saturated rings. The molecule has 0 aromatic carbocycles. The van der Waals surface area contributed by atoms with E-state index in [0.29, 0.717) is 10.0 Å².